The molecule has 6 nitrogen and oxygen atoms in total. The Kier molecular flexibility index (Phi) is 6.81. The highest BCUT2D eigenvalue weighted by molar-refractivity contribution is 5.89. The van der Waals surface area contributed by atoms with Crippen molar-refractivity contribution in [2.24, 2.45) is 0 Å². The number of ether oxygens (including phenoxy) is 1. The summed E-state index contributed by atoms with van der Waals surface area (Å²) in [5, 5.41) is 3.44. The molecule has 0 saturated carbocycles. The van der Waals surface area contributed by atoms with E-state index in [9.17, 15) is 9.59 Å². The van der Waals surface area contributed by atoms with Gasteiger partial charge in [-0.25, -0.2) is 9.59 Å². The van der Waals surface area contributed by atoms with Crippen molar-refractivity contribution in [1.29, 1.82) is 0 Å². The zero-order valence-corrected chi connectivity index (χ0v) is 16.4. The van der Waals surface area contributed by atoms with Crippen molar-refractivity contribution in [1.82, 2.24) is 4.90 Å². The van der Waals surface area contributed by atoms with Crippen molar-refractivity contribution in [3.63, 3.8) is 0 Å². The lowest BCUT2D eigenvalue weighted by Gasteiger charge is -2.21. The van der Waals surface area contributed by atoms with Gasteiger partial charge in [-0.15, -0.1) is 6.58 Å². The summed E-state index contributed by atoms with van der Waals surface area (Å²) in [6.45, 7) is 7.83. The molecule has 0 atom stereocenters. The molecule has 0 aliphatic heterocycles. The first kappa shape index (κ1) is 20.4. The maximum Gasteiger partial charge on any atom is 0.411 e. The normalized spacial score (nSPS) is 10.8. The average Bonchev–Trinajstić information content (AvgIpc) is 2.68. The summed E-state index contributed by atoms with van der Waals surface area (Å²) in [5.74, 6) is 0. The van der Waals surface area contributed by atoms with Gasteiger partial charge in [0, 0.05) is 42.8 Å². The van der Waals surface area contributed by atoms with E-state index < -0.39 is 11.7 Å². The molecule has 0 spiro atoms. The van der Waals surface area contributed by atoms with Crippen molar-refractivity contribution < 1.29 is 13.9 Å². The Labute approximate surface area is 169 Å². The maximum absolute atomic E-state index is 12.1. The van der Waals surface area contributed by atoms with Gasteiger partial charge in [0.05, 0.1) is 6.61 Å². The number of rotatable bonds is 8. The highest BCUT2D eigenvalue weighted by atomic mass is 16.5. The number of carbonyl (C=O) groups is 1. The second-order valence-corrected chi connectivity index (χ2v) is 6.59. The standard InChI is InChI=1S/C23H24N2O4/c1-3-12-25(15-17-8-6-5-7-9-17)16-18-13-22(26)29-21-14-19(10-11-20(18)21)24-23(27)28-4-2/h3,5-11,13-14H,1,4,12,15-16H2,2H3,(H,24,27). The van der Waals surface area contributed by atoms with Gasteiger partial charge in [0.2, 0.25) is 0 Å². The van der Waals surface area contributed by atoms with Crippen LogP contribution in [0.25, 0.3) is 11.0 Å². The summed E-state index contributed by atoms with van der Waals surface area (Å²) in [4.78, 5) is 25.9. The van der Waals surface area contributed by atoms with E-state index in [1.165, 1.54) is 11.6 Å². The molecule has 1 heterocycles. The van der Waals surface area contributed by atoms with Crippen LogP contribution in [0, 0.1) is 0 Å². The summed E-state index contributed by atoms with van der Waals surface area (Å²) < 4.78 is 10.2. The van der Waals surface area contributed by atoms with E-state index in [1.54, 1.807) is 19.1 Å². The number of nitrogens with zero attached hydrogens (tertiary/aromatic N) is 1. The number of amides is 1. The van der Waals surface area contributed by atoms with Gasteiger partial charge < -0.3 is 9.15 Å². The number of nitrogens with one attached hydrogen (secondary N) is 1. The van der Waals surface area contributed by atoms with Crippen molar-refractivity contribution in [3.8, 4) is 0 Å². The lowest BCUT2D eigenvalue weighted by Crippen LogP contribution is -2.23. The largest absolute Gasteiger partial charge is 0.450 e. The molecule has 1 N–H and O–H groups in total. The number of hydrogen-bond donors (Lipinski definition) is 1. The van der Waals surface area contributed by atoms with Gasteiger partial charge in [0.25, 0.3) is 0 Å². The number of fused-ring (bicyclic) bond motifs is 1. The van der Waals surface area contributed by atoms with E-state index in [1.807, 2.05) is 30.3 Å². The quantitative estimate of drug-likeness (QED) is 0.450. The first-order chi connectivity index (χ1) is 14.1. The predicted molar refractivity (Wildman–Crippen MR) is 114 cm³/mol. The molecule has 0 fully saturated rings. The minimum absolute atomic E-state index is 0.277. The molecule has 2 aromatic carbocycles. The van der Waals surface area contributed by atoms with Crippen LogP contribution in [0.2, 0.25) is 0 Å². The number of anilines is 1. The average molecular weight is 392 g/mol. The molecular weight excluding hydrogens is 368 g/mol. The van der Waals surface area contributed by atoms with E-state index in [0.29, 0.717) is 24.4 Å². The van der Waals surface area contributed by atoms with Crippen LogP contribution in [0.4, 0.5) is 10.5 Å². The van der Waals surface area contributed by atoms with Gasteiger partial charge in [-0.2, -0.15) is 0 Å². The number of benzene rings is 2. The lowest BCUT2D eigenvalue weighted by atomic mass is 10.1. The van der Waals surface area contributed by atoms with Crippen LogP contribution in [0.1, 0.15) is 18.1 Å². The number of hydrogen-bond acceptors (Lipinski definition) is 5. The van der Waals surface area contributed by atoms with E-state index in [2.05, 4.69) is 28.9 Å². The SMILES string of the molecule is C=CCN(Cc1ccccc1)Cc1cc(=O)oc2cc(NC(=O)OCC)ccc12. The van der Waals surface area contributed by atoms with Crippen LogP contribution >= 0.6 is 0 Å². The van der Waals surface area contributed by atoms with Gasteiger partial charge in [-0.3, -0.25) is 10.2 Å². The molecular formula is C23H24N2O4. The Balaban J connectivity index is 1.88. The second-order valence-electron chi connectivity index (χ2n) is 6.59. The zero-order chi connectivity index (χ0) is 20.6. The molecule has 6 heteroatoms. The van der Waals surface area contributed by atoms with Gasteiger partial charge in [-0.1, -0.05) is 36.4 Å². The van der Waals surface area contributed by atoms with Crippen molar-refractivity contribution in [3.05, 3.63) is 88.8 Å². The molecule has 0 aliphatic carbocycles. The van der Waals surface area contributed by atoms with Gasteiger partial charge in [0.1, 0.15) is 5.58 Å². The zero-order valence-electron chi connectivity index (χ0n) is 16.4. The Morgan fingerprint density at radius 2 is 1.97 bits per heavy atom. The Morgan fingerprint density at radius 1 is 1.17 bits per heavy atom. The summed E-state index contributed by atoms with van der Waals surface area (Å²) in [6, 6.07) is 16.9. The van der Waals surface area contributed by atoms with E-state index >= 15 is 0 Å². The Hall–Kier alpha value is -3.38. The fourth-order valence-corrected chi connectivity index (χ4v) is 3.17. The first-order valence-corrected chi connectivity index (χ1v) is 9.46. The minimum Gasteiger partial charge on any atom is -0.450 e. The Bertz CT molecular complexity index is 1040. The third-order valence-electron chi connectivity index (χ3n) is 4.38. The van der Waals surface area contributed by atoms with Crippen molar-refractivity contribution in [2.45, 2.75) is 20.0 Å². The first-order valence-electron chi connectivity index (χ1n) is 9.46. The minimum atomic E-state index is -0.551. The molecule has 150 valence electrons. The maximum atomic E-state index is 12.1. The monoisotopic (exact) mass is 392 g/mol. The highest BCUT2D eigenvalue weighted by Crippen LogP contribution is 2.23. The molecule has 29 heavy (non-hydrogen) atoms. The number of carbonyl (C=O) groups excluding carboxylic acids is 1. The van der Waals surface area contributed by atoms with E-state index in [0.717, 1.165) is 17.5 Å². The van der Waals surface area contributed by atoms with Crippen molar-refractivity contribution in [2.75, 3.05) is 18.5 Å². The van der Waals surface area contributed by atoms with Gasteiger partial charge >= 0.3 is 11.7 Å². The summed E-state index contributed by atoms with van der Waals surface area (Å²) in [5.41, 5.74) is 2.53. The van der Waals surface area contributed by atoms with E-state index in [-0.39, 0.29) is 6.61 Å². The van der Waals surface area contributed by atoms with Crippen LogP contribution in [0.15, 0.2) is 76.5 Å². The summed E-state index contributed by atoms with van der Waals surface area (Å²) >= 11 is 0. The molecule has 0 radical (unpaired) electrons. The van der Waals surface area contributed by atoms with Crippen LogP contribution in [0.3, 0.4) is 0 Å². The van der Waals surface area contributed by atoms with Crippen LogP contribution < -0.4 is 10.9 Å². The van der Waals surface area contributed by atoms with E-state index in [4.69, 9.17) is 9.15 Å². The van der Waals surface area contributed by atoms with Gasteiger partial charge in [-0.05, 0) is 30.2 Å². The third-order valence-corrected chi connectivity index (χ3v) is 4.38. The molecule has 3 rings (SSSR count). The smallest absolute Gasteiger partial charge is 0.411 e. The summed E-state index contributed by atoms with van der Waals surface area (Å²) in [6.07, 6.45) is 1.29. The third kappa shape index (κ3) is 5.56. The van der Waals surface area contributed by atoms with Gasteiger partial charge in [0.15, 0.2) is 0 Å². The molecule has 1 aromatic heterocycles. The molecule has 0 saturated heterocycles. The second kappa shape index (κ2) is 9.71. The highest BCUT2D eigenvalue weighted by Gasteiger charge is 2.12. The molecule has 0 aliphatic rings. The predicted octanol–water partition coefficient (Wildman–Crippen LogP) is 4.55. The van der Waals surface area contributed by atoms with Crippen LogP contribution in [-0.2, 0) is 17.8 Å². The van der Waals surface area contributed by atoms with Crippen LogP contribution in [-0.4, -0.2) is 24.1 Å². The lowest BCUT2D eigenvalue weighted by molar-refractivity contribution is 0.168. The fraction of sp³-hybridized carbons (Fsp3) is 0.217. The molecule has 0 bridgehead atoms. The molecule has 1 amide bonds. The van der Waals surface area contributed by atoms with Crippen LogP contribution in [0.5, 0.6) is 0 Å². The topological polar surface area (TPSA) is 71.8 Å². The van der Waals surface area contributed by atoms with Crippen molar-refractivity contribution >= 4 is 22.7 Å². The molecule has 3 aromatic rings. The Morgan fingerprint density at radius 3 is 2.69 bits per heavy atom. The fourth-order valence-electron chi connectivity index (χ4n) is 3.17. The summed E-state index contributed by atoms with van der Waals surface area (Å²) in [7, 11) is 0. The molecule has 0 unspecified atom stereocenters.